The first-order valence-electron chi connectivity index (χ1n) is 6.15. The molecular weight excluding hydrogens is 240 g/mol. The third-order valence-electron chi connectivity index (χ3n) is 3.24. The van der Waals surface area contributed by atoms with E-state index in [1.54, 1.807) is 12.1 Å². The van der Waals surface area contributed by atoms with Crippen molar-refractivity contribution in [3.8, 4) is 5.75 Å². The van der Waals surface area contributed by atoms with Gasteiger partial charge in [0.25, 0.3) is 0 Å². The summed E-state index contributed by atoms with van der Waals surface area (Å²) in [6, 6.07) is 15.3. The first kappa shape index (κ1) is 13.1. The number of carbonyl (C=O) groups is 1. The quantitative estimate of drug-likeness (QED) is 0.661. The van der Waals surface area contributed by atoms with Crippen LogP contribution in [0.5, 0.6) is 5.75 Å². The van der Waals surface area contributed by atoms with Gasteiger partial charge in [-0.15, -0.1) is 0 Å². The Balaban J connectivity index is 2.41. The minimum absolute atomic E-state index is 0.0803. The van der Waals surface area contributed by atoms with E-state index < -0.39 is 6.16 Å². The SMILES string of the molecule is Cc1ccccc1C(C)c1ccccc1OC(=O)O. The molecule has 0 spiro atoms. The normalized spacial score (nSPS) is 11.9. The minimum Gasteiger partial charge on any atom is -0.449 e. The van der Waals surface area contributed by atoms with Gasteiger partial charge in [0.1, 0.15) is 5.75 Å². The fourth-order valence-corrected chi connectivity index (χ4v) is 2.27. The van der Waals surface area contributed by atoms with Crippen LogP contribution in [-0.2, 0) is 0 Å². The summed E-state index contributed by atoms with van der Waals surface area (Å²) < 4.78 is 4.84. The molecule has 2 aromatic carbocycles. The third-order valence-corrected chi connectivity index (χ3v) is 3.24. The van der Waals surface area contributed by atoms with Gasteiger partial charge in [0.15, 0.2) is 0 Å². The molecule has 3 heteroatoms. The standard InChI is InChI=1S/C16H16O3/c1-11-7-3-4-8-13(11)12(2)14-9-5-6-10-15(14)19-16(17)18/h3-10,12H,1-2H3,(H,17,18). The average molecular weight is 256 g/mol. The van der Waals surface area contributed by atoms with Crippen molar-refractivity contribution < 1.29 is 14.6 Å². The summed E-state index contributed by atoms with van der Waals surface area (Å²) in [6.45, 7) is 4.10. The third kappa shape index (κ3) is 2.94. The lowest BCUT2D eigenvalue weighted by molar-refractivity contribution is 0.144. The van der Waals surface area contributed by atoms with Gasteiger partial charge in [-0.25, -0.2) is 4.79 Å². The van der Waals surface area contributed by atoms with E-state index in [2.05, 4.69) is 6.07 Å². The first-order valence-corrected chi connectivity index (χ1v) is 6.15. The Hall–Kier alpha value is -2.29. The topological polar surface area (TPSA) is 46.5 Å². The minimum atomic E-state index is -1.29. The summed E-state index contributed by atoms with van der Waals surface area (Å²) in [5, 5.41) is 8.78. The number of hydrogen-bond acceptors (Lipinski definition) is 2. The zero-order valence-electron chi connectivity index (χ0n) is 11.0. The zero-order valence-corrected chi connectivity index (χ0v) is 11.0. The van der Waals surface area contributed by atoms with Crippen LogP contribution in [0.1, 0.15) is 29.5 Å². The second-order valence-electron chi connectivity index (χ2n) is 4.48. The maximum atomic E-state index is 10.7. The molecule has 19 heavy (non-hydrogen) atoms. The van der Waals surface area contributed by atoms with Gasteiger partial charge in [0.05, 0.1) is 0 Å². The van der Waals surface area contributed by atoms with Crippen LogP contribution in [-0.4, -0.2) is 11.3 Å². The molecule has 0 saturated carbocycles. The molecule has 0 aliphatic carbocycles. The number of aryl methyl sites for hydroxylation is 1. The van der Waals surface area contributed by atoms with Gasteiger partial charge in [0, 0.05) is 11.5 Å². The number of para-hydroxylation sites is 1. The Morgan fingerprint density at radius 3 is 2.26 bits per heavy atom. The molecule has 2 rings (SSSR count). The van der Waals surface area contributed by atoms with Crippen LogP contribution < -0.4 is 4.74 Å². The molecule has 3 nitrogen and oxygen atoms in total. The molecular formula is C16H16O3. The monoisotopic (exact) mass is 256 g/mol. The van der Waals surface area contributed by atoms with Crippen molar-refractivity contribution in [2.45, 2.75) is 19.8 Å². The van der Waals surface area contributed by atoms with Crippen LogP contribution in [0.2, 0.25) is 0 Å². The molecule has 0 aliphatic rings. The highest BCUT2D eigenvalue weighted by Gasteiger charge is 2.16. The van der Waals surface area contributed by atoms with E-state index in [4.69, 9.17) is 9.84 Å². The Morgan fingerprint density at radius 2 is 1.63 bits per heavy atom. The Bertz CT molecular complexity index is 590. The van der Waals surface area contributed by atoms with E-state index in [-0.39, 0.29) is 5.92 Å². The van der Waals surface area contributed by atoms with Gasteiger partial charge < -0.3 is 9.84 Å². The summed E-state index contributed by atoms with van der Waals surface area (Å²) in [5.74, 6) is 0.475. The van der Waals surface area contributed by atoms with Crippen molar-refractivity contribution >= 4 is 6.16 Å². The van der Waals surface area contributed by atoms with E-state index >= 15 is 0 Å². The van der Waals surface area contributed by atoms with Gasteiger partial charge in [0.2, 0.25) is 0 Å². The van der Waals surface area contributed by atoms with Crippen molar-refractivity contribution in [1.29, 1.82) is 0 Å². The lowest BCUT2D eigenvalue weighted by Crippen LogP contribution is -2.07. The van der Waals surface area contributed by atoms with Crippen molar-refractivity contribution in [3.05, 3.63) is 65.2 Å². The van der Waals surface area contributed by atoms with Gasteiger partial charge >= 0.3 is 6.16 Å². The van der Waals surface area contributed by atoms with Crippen molar-refractivity contribution in [2.75, 3.05) is 0 Å². The lowest BCUT2D eigenvalue weighted by atomic mass is 9.89. The van der Waals surface area contributed by atoms with Gasteiger partial charge in [-0.3, -0.25) is 0 Å². The highest BCUT2D eigenvalue weighted by atomic mass is 16.7. The van der Waals surface area contributed by atoms with E-state index in [1.807, 2.05) is 44.2 Å². The smallest absolute Gasteiger partial charge is 0.449 e. The number of carboxylic acid groups (broad SMARTS) is 1. The lowest BCUT2D eigenvalue weighted by Gasteiger charge is -2.17. The largest absolute Gasteiger partial charge is 0.511 e. The maximum Gasteiger partial charge on any atom is 0.511 e. The van der Waals surface area contributed by atoms with Crippen molar-refractivity contribution in [3.63, 3.8) is 0 Å². The molecule has 0 heterocycles. The van der Waals surface area contributed by atoms with Crippen molar-refractivity contribution in [2.24, 2.45) is 0 Å². The zero-order chi connectivity index (χ0) is 13.8. The number of ether oxygens (including phenoxy) is 1. The van der Waals surface area contributed by atoms with Crippen LogP contribution in [0.4, 0.5) is 4.79 Å². The number of benzene rings is 2. The Labute approximate surface area is 112 Å². The van der Waals surface area contributed by atoms with Crippen molar-refractivity contribution in [1.82, 2.24) is 0 Å². The summed E-state index contributed by atoms with van der Waals surface area (Å²) in [7, 11) is 0. The highest BCUT2D eigenvalue weighted by Crippen LogP contribution is 2.32. The molecule has 2 aromatic rings. The summed E-state index contributed by atoms with van der Waals surface area (Å²) >= 11 is 0. The summed E-state index contributed by atoms with van der Waals surface area (Å²) in [5.41, 5.74) is 3.23. The fourth-order valence-electron chi connectivity index (χ4n) is 2.27. The first-order chi connectivity index (χ1) is 9.09. The van der Waals surface area contributed by atoms with Gasteiger partial charge in [-0.1, -0.05) is 49.4 Å². The number of rotatable bonds is 3. The van der Waals surface area contributed by atoms with E-state index in [9.17, 15) is 4.79 Å². The fraction of sp³-hybridized carbons (Fsp3) is 0.188. The molecule has 0 saturated heterocycles. The molecule has 0 aliphatic heterocycles. The summed E-state index contributed by atoms with van der Waals surface area (Å²) in [4.78, 5) is 10.7. The van der Waals surface area contributed by atoms with Crippen LogP contribution in [0, 0.1) is 6.92 Å². The molecule has 1 unspecified atom stereocenters. The summed E-state index contributed by atoms with van der Waals surface area (Å²) in [6.07, 6.45) is -1.29. The second kappa shape index (κ2) is 5.57. The molecule has 1 atom stereocenters. The molecule has 98 valence electrons. The van der Waals surface area contributed by atoms with E-state index in [0.29, 0.717) is 5.75 Å². The maximum absolute atomic E-state index is 10.7. The highest BCUT2D eigenvalue weighted by molar-refractivity contribution is 5.62. The van der Waals surface area contributed by atoms with E-state index in [1.165, 1.54) is 11.1 Å². The molecule has 0 radical (unpaired) electrons. The predicted octanol–water partition coefficient (Wildman–Crippen LogP) is 4.20. The van der Waals surface area contributed by atoms with Gasteiger partial charge in [-0.05, 0) is 24.1 Å². The molecule has 0 fully saturated rings. The van der Waals surface area contributed by atoms with Crippen LogP contribution >= 0.6 is 0 Å². The molecule has 1 N–H and O–H groups in total. The Kier molecular flexibility index (Phi) is 3.85. The second-order valence-corrected chi connectivity index (χ2v) is 4.48. The Morgan fingerprint density at radius 1 is 1.05 bits per heavy atom. The molecule has 0 bridgehead atoms. The van der Waals surface area contributed by atoms with Gasteiger partial charge in [-0.2, -0.15) is 0 Å². The van der Waals surface area contributed by atoms with Crippen LogP contribution in [0.25, 0.3) is 0 Å². The van der Waals surface area contributed by atoms with E-state index in [0.717, 1.165) is 5.56 Å². The predicted molar refractivity (Wildman–Crippen MR) is 73.8 cm³/mol. The van der Waals surface area contributed by atoms with Crippen LogP contribution in [0.3, 0.4) is 0 Å². The average Bonchev–Trinajstić information content (AvgIpc) is 2.38. The molecule has 0 amide bonds. The molecule has 0 aromatic heterocycles. The van der Waals surface area contributed by atoms with Crippen LogP contribution in [0.15, 0.2) is 48.5 Å². The number of hydrogen-bond donors (Lipinski definition) is 1.